The van der Waals surface area contributed by atoms with Gasteiger partial charge in [0.25, 0.3) is 0 Å². The van der Waals surface area contributed by atoms with E-state index in [1.165, 1.54) is 11.9 Å². The number of aliphatic hydroxyl groups excluding tert-OH is 1. The number of nitrogens with zero attached hydrogens (tertiary/aromatic N) is 3. The maximum atomic E-state index is 10.2. The summed E-state index contributed by atoms with van der Waals surface area (Å²) in [5, 5.41) is 10.2. The maximum Gasteiger partial charge on any atom is 0.130 e. The lowest BCUT2D eigenvalue weighted by Crippen LogP contribution is -2.24. The number of allylic oxidation sites excluding steroid dienone is 1. The Morgan fingerprint density at radius 3 is 2.95 bits per heavy atom. The first kappa shape index (κ1) is 14.5. The minimum Gasteiger partial charge on any atom is -0.391 e. The van der Waals surface area contributed by atoms with Crippen LogP contribution in [-0.4, -0.2) is 45.7 Å². The van der Waals surface area contributed by atoms with Crippen molar-refractivity contribution in [3.63, 3.8) is 0 Å². The Morgan fingerprint density at radius 1 is 1.38 bits per heavy atom. The van der Waals surface area contributed by atoms with Crippen molar-refractivity contribution in [3.8, 4) is 0 Å². The molecular formula is C16H24N4O. The van der Waals surface area contributed by atoms with Gasteiger partial charge in [-0.15, -0.1) is 0 Å². The number of nitrogens with two attached hydrogens (primary N) is 1. The lowest BCUT2D eigenvalue weighted by Gasteiger charge is -2.17. The minimum atomic E-state index is -0.204. The summed E-state index contributed by atoms with van der Waals surface area (Å²) >= 11 is 0. The molecule has 5 nitrogen and oxygen atoms in total. The molecule has 0 saturated carbocycles. The molecule has 1 saturated heterocycles. The molecule has 1 aromatic heterocycles. The van der Waals surface area contributed by atoms with Gasteiger partial charge in [-0.3, -0.25) is 4.90 Å². The Kier molecular flexibility index (Phi) is 3.95. The zero-order chi connectivity index (χ0) is 15.0. The van der Waals surface area contributed by atoms with Gasteiger partial charge in [-0.1, -0.05) is 19.9 Å². The van der Waals surface area contributed by atoms with Crippen LogP contribution in [0.1, 0.15) is 31.5 Å². The van der Waals surface area contributed by atoms with Crippen LogP contribution in [0.25, 0.3) is 5.57 Å². The van der Waals surface area contributed by atoms with Crippen molar-refractivity contribution in [2.24, 2.45) is 11.8 Å². The van der Waals surface area contributed by atoms with Gasteiger partial charge in [0.1, 0.15) is 12.1 Å². The molecule has 1 fully saturated rings. The number of hydrogen-bond donors (Lipinski definition) is 2. The molecule has 3 rings (SSSR count). The summed E-state index contributed by atoms with van der Waals surface area (Å²) < 4.78 is 0. The highest BCUT2D eigenvalue weighted by atomic mass is 16.3. The summed E-state index contributed by atoms with van der Waals surface area (Å²) in [6, 6.07) is 0. The Balaban J connectivity index is 1.66. The lowest BCUT2D eigenvalue weighted by atomic mass is 9.95. The van der Waals surface area contributed by atoms with Gasteiger partial charge in [0, 0.05) is 25.2 Å². The van der Waals surface area contributed by atoms with Crippen molar-refractivity contribution in [2.45, 2.75) is 32.8 Å². The highest BCUT2D eigenvalue weighted by Crippen LogP contribution is 2.31. The Bertz CT molecular complexity index is 555. The number of likely N-dealkylation sites (tertiary alicyclic amines) is 1. The fraction of sp³-hybridized carbons (Fsp3) is 0.625. The van der Waals surface area contributed by atoms with Gasteiger partial charge in [-0.25, -0.2) is 9.97 Å². The van der Waals surface area contributed by atoms with E-state index in [4.69, 9.17) is 5.73 Å². The predicted octanol–water partition coefficient (Wildman–Crippen LogP) is 1.34. The molecule has 1 aromatic rings. The number of nitrogen functional groups attached to an aromatic ring is 1. The van der Waals surface area contributed by atoms with E-state index >= 15 is 0 Å². The average molecular weight is 288 g/mol. The van der Waals surface area contributed by atoms with Crippen molar-refractivity contribution in [1.29, 1.82) is 0 Å². The molecule has 21 heavy (non-hydrogen) atoms. The van der Waals surface area contributed by atoms with E-state index in [0.717, 1.165) is 43.7 Å². The van der Waals surface area contributed by atoms with Gasteiger partial charge in [0.15, 0.2) is 0 Å². The van der Waals surface area contributed by atoms with Crippen LogP contribution >= 0.6 is 0 Å². The van der Waals surface area contributed by atoms with Crippen molar-refractivity contribution in [3.05, 3.63) is 23.7 Å². The standard InChI is InChI=1S/C16H24N4O/c1-10(2)5-12-7-20(8-14(12)21)6-11-3-4-13-15(11)18-9-19-16(13)17/h3,9-10,12,14,21H,4-8H2,1-2H3,(H2,17,18,19)/t12-,14-/m0/s1. The number of aromatic nitrogens is 2. The summed E-state index contributed by atoms with van der Waals surface area (Å²) in [4.78, 5) is 10.8. The van der Waals surface area contributed by atoms with Gasteiger partial charge < -0.3 is 10.8 Å². The monoisotopic (exact) mass is 288 g/mol. The third kappa shape index (κ3) is 2.94. The summed E-state index contributed by atoms with van der Waals surface area (Å²) in [5.74, 6) is 1.61. The summed E-state index contributed by atoms with van der Waals surface area (Å²) in [6.07, 6.45) is 5.43. The fourth-order valence-corrected chi connectivity index (χ4v) is 3.51. The third-order valence-corrected chi connectivity index (χ3v) is 4.49. The van der Waals surface area contributed by atoms with Crippen LogP contribution in [0.3, 0.4) is 0 Å². The van der Waals surface area contributed by atoms with Gasteiger partial charge in [-0.05, 0) is 30.3 Å². The molecular weight excluding hydrogens is 264 g/mol. The van der Waals surface area contributed by atoms with E-state index < -0.39 is 0 Å². The van der Waals surface area contributed by atoms with Crippen molar-refractivity contribution in [2.75, 3.05) is 25.4 Å². The predicted molar refractivity (Wildman–Crippen MR) is 83.5 cm³/mol. The van der Waals surface area contributed by atoms with E-state index in [-0.39, 0.29) is 6.10 Å². The molecule has 0 aromatic carbocycles. The van der Waals surface area contributed by atoms with Gasteiger partial charge in [-0.2, -0.15) is 0 Å². The quantitative estimate of drug-likeness (QED) is 0.874. The van der Waals surface area contributed by atoms with Crippen LogP contribution in [0.2, 0.25) is 0 Å². The Hall–Kier alpha value is -1.46. The largest absolute Gasteiger partial charge is 0.391 e. The topological polar surface area (TPSA) is 75.3 Å². The van der Waals surface area contributed by atoms with Crippen LogP contribution in [0, 0.1) is 11.8 Å². The van der Waals surface area contributed by atoms with Crippen molar-refractivity contribution in [1.82, 2.24) is 14.9 Å². The van der Waals surface area contributed by atoms with Crippen molar-refractivity contribution >= 4 is 11.4 Å². The molecule has 3 N–H and O–H groups in total. The van der Waals surface area contributed by atoms with Gasteiger partial charge >= 0.3 is 0 Å². The molecule has 0 amide bonds. The molecule has 5 heteroatoms. The lowest BCUT2D eigenvalue weighted by molar-refractivity contribution is 0.132. The van der Waals surface area contributed by atoms with E-state index in [9.17, 15) is 5.11 Å². The van der Waals surface area contributed by atoms with Crippen LogP contribution in [0.4, 0.5) is 5.82 Å². The summed E-state index contributed by atoms with van der Waals surface area (Å²) in [7, 11) is 0. The number of hydrogen-bond acceptors (Lipinski definition) is 5. The number of fused-ring (bicyclic) bond motifs is 1. The highest BCUT2D eigenvalue weighted by Gasteiger charge is 2.32. The minimum absolute atomic E-state index is 0.204. The number of anilines is 1. The van der Waals surface area contributed by atoms with Crippen LogP contribution in [0.15, 0.2) is 12.4 Å². The third-order valence-electron chi connectivity index (χ3n) is 4.49. The highest BCUT2D eigenvalue weighted by molar-refractivity contribution is 5.74. The zero-order valence-corrected chi connectivity index (χ0v) is 12.8. The molecule has 2 heterocycles. The zero-order valence-electron chi connectivity index (χ0n) is 12.8. The van der Waals surface area contributed by atoms with Crippen LogP contribution in [0.5, 0.6) is 0 Å². The number of aliphatic hydroxyl groups is 1. The first-order valence-corrected chi connectivity index (χ1v) is 7.73. The maximum absolute atomic E-state index is 10.2. The van der Waals surface area contributed by atoms with Crippen LogP contribution < -0.4 is 5.73 Å². The van der Waals surface area contributed by atoms with Crippen LogP contribution in [-0.2, 0) is 6.42 Å². The first-order chi connectivity index (χ1) is 10.0. The van der Waals surface area contributed by atoms with E-state index in [2.05, 4.69) is 34.8 Å². The Labute approximate surface area is 125 Å². The van der Waals surface area contributed by atoms with Gasteiger partial charge in [0.05, 0.1) is 11.8 Å². The number of β-amino-alcohol motifs (C(OH)–C–C–N with tert-alkyl or cyclic N) is 1. The second-order valence-electron chi connectivity index (χ2n) is 6.67. The molecule has 1 aliphatic heterocycles. The normalized spacial score (nSPS) is 25.4. The average Bonchev–Trinajstić information content (AvgIpc) is 2.96. The Morgan fingerprint density at radius 2 is 2.19 bits per heavy atom. The second-order valence-corrected chi connectivity index (χ2v) is 6.67. The molecule has 0 unspecified atom stereocenters. The van der Waals surface area contributed by atoms with Gasteiger partial charge in [0.2, 0.25) is 0 Å². The van der Waals surface area contributed by atoms with E-state index in [1.807, 2.05) is 0 Å². The van der Waals surface area contributed by atoms with E-state index in [1.54, 1.807) is 0 Å². The molecule has 0 radical (unpaired) electrons. The van der Waals surface area contributed by atoms with E-state index in [0.29, 0.717) is 17.7 Å². The smallest absolute Gasteiger partial charge is 0.130 e. The van der Waals surface area contributed by atoms with Crippen molar-refractivity contribution < 1.29 is 5.11 Å². The fourth-order valence-electron chi connectivity index (χ4n) is 3.51. The molecule has 2 aliphatic rings. The molecule has 0 bridgehead atoms. The first-order valence-electron chi connectivity index (χ1n) is 7.73. The molecule has 0 spiro atoms. The molecule has 2 atom stereocenters. The number of rotatable bonds is 4. The molecule has 114 valence electrons. The SMILES string of the molecule is CC(C)C[C@H]1CN(CC2=CCc3c(N)ncnc32)C[C@@H]1O. The second kappa shape index (κ2) is 5.73. The summed E-state index contributed by atoms with van der Waals surface area (Å²) in [5.41, 5.74) is 9.16. The summed E-state index contributed by atoms with van der Waals surface area (Å²) in [6.45, 7) is 6.99. The molecule has 1 aliphatic carbocycles.